The molecule has 2 heterocycles. The Morgan fingerprint density at radius 1 is 1.06 bits per heavy atom. The second kappa shape index (κ2) is 8.41. The number of hydrogen-bond donors (Lipinski definition) is 0. The molecule has 1 saturated heterocycles. The number of anilines is 1. The maximum absolute atomic E-state index is 13.0. The summed E-state index contributed by atoms with van der Waals surface area (Å²) in [6.07, 6.45) is 6.56. The number of fused-ring (bicyclic) bond motifs is 1. The van der Waals surface area contributed by atoms with Crippen LogP contribution in [0.1, 0.15) is 38.7 Å². The molecule has 2 aliphatic heterocycles. The van der Waals surface area contributed by atoms with Crippen molar-refractivity contribution < 1.29 is 8.42 Å². The van der Waals surface area contributed by atoms with Crippen LogP contribution in [0.4, 0.5) is 11.4 Å². The van der Waals surface area contributed by atoms with Gasteiger partial charge in [0.1, 0.15) is 0 Å². The molecule has 1 fully saturated rings. The summed E-state index contributed by atoms with van der Waals surface area (Å²) in [5.41, 5.74) is 3.86. The lowest BCUT2D eigenvalue weighted by Gasteiger charge is -2.26. The first-order chi connectivity index (χ1) is 14.7. The lowest BCUT2D eigenvalue weighted by Crippen LogP contribution is -2.35. The Balaban J connectivity index is 1.62. The van der Waals surface area contributed by atoms with Crippen molar-refractivity contribution in [3.05, 3.63) is 64.8 Å². The van der Waals surface area contributed by atoms with Crippen molar-refractivity contribution in [3.63, 3.8) is 0 Å². The molecule has 7 heteroatoms. The molecule has 0 bridgehead atoms. The summed E-state index contributed by atoms with van der Waals surface area (Å²) in [5, 5.41) is 0.426. The number of allylic oxidation sites excluding steroid dienone is 2. The number of para-hydroxylation sites is 1. The number of hydrogen-bond acceptors (Lipinski definition) is 4. The van der Waals surface area contributed by atoms with Gasteiger partial charge in [0.25, 0.3) is 0 Å². The summed E-state index contributed by atoms with van der Waals surface area (Å²) >= 11 is 6.33. The van der Waals surface area contributed by atoms with Gasteiger partial charge in [-0.25, -0.2) is 8.42 Å². The number of likely N-dealkylation sites (N-methyl/N-ethyl adjacent to an activating group) is 1. The topological polar surface area (TPSA) is 53.0 Å². The molecule has 0 aromatic heterocycles. The Labute approximate surface area is 190 Å². The van der Waals surface area contributed by atoms with Gasteiger partial charge in [0.2, 0.25) is 10.0 Å². The first-order valence-electron chi connectivity index (χ1n) is 10.6. The SMILES string of the molecule is CN1/C(=C\C=Nc2cc(S(=O)(=O)N3CCCCC3)ccc2Cl)C(C)(C)c2ccccc21. The molecule has 0 saturated carbocycles. The standard InChI is InChI=1S/C24H28ClN3O2S/c1-24(2)19-9-5-6-10-22(19)27(3)23(24)13-14-26-21-17-18(11-12-20(21)25)31(29,30)28-15-7-4-8-16-28/h5-6,9-14,17H,4,7-8,15-16H2,1-3H3/b23-13-,26-14?. The van der Waals surface area contributed by atoms with Crippen LogP contribution in [0.5, 0.6) is 0 Å². The highest BCUT2D eigenvalue weighted by Gasteiger charge is 2.37. The van der Waals surface area contributed by atoms with Crippen molar-refractivity contribution in [1.82, 2.24) is 4.31 Å². The monoisotopic (exact) mass is 457 g/mol. The van der Waals surface area contributed by atoms with Gasteiger partial charge >= 0.3 is 0 Å². The molecule has 0 N–H and O–H groups in total. The number of halogens is 1. The molecule has 2 aromatic rings. The van der Waals surface area contributed by atoms with E-state index in [9.17, 15) is 8.42 Å². The molecule has 2 aliphatic rings. The molecular formula is C24H28ClN3O2S. The number of aliphatic imine (C=N–C) groups is 1. The number of piperidine rings is 1. The van der Waals surface area contributed by atoms with Gasteiger partial charge in [0.15, 0.2) is 0 Å². The molecule has 2 aromatic carbocycles. The van der Waals surface area contributed by atoms with E-state index in [-0.39, 0.29) is 10.3 Å². The normalized spacial score (nSPS) is 20.5. The van der Waals surface area contributed by atoms with Gasteiger partial charge in [-0.2, -0.15) is 4.31 Å². The maximum Gasteiger partial charge on any atom is 0.243 e. The lowest BCUT2D eigenvalue weighted by atomic mass is 9.84. The van der Waals surface area contributed by atoms with E-state index in [1.807, 2.05) is 19.2 Å². The fraction of sp³-hybridized carbons (Fsp3) is 0.375. The van der Waals surface area contributed by atoms with Crippen molar-refractivity contribution in [2.45, 2.75) is 43.4 Å². The molecule has 0 unspecified atom stereocenters. The molecular weight excluding hydrogens is 430 g/mol. The van der Waals surface area contributed by atoms with E-state index in [0.717, 1.165) is 25.0 Å². The third kappa shape index (κ3) is 4.04. The zero-order valence-corrected chi connectivity index (χ0v) is 19.7. The summed E-state index contributed by atoms with van der Waals surface area (Å²) in [4.78, 5) is 6.92. The van der Waals surface area contributed by atoms with Gasteiger partial charge in [-0.15, -0.1) is 0 Å². The average molecular weight is 458 g/mol. The van der Waals surface area contributed by atoms with Crippen LogP contribution in [-0.2, 0) is 15.4 Å². The van der Waals surface area contributed by atoms with E-state index < -0.39 is 10.0 Å². The third-order valence-corrected chi connectivity index (χ3v) is 8.47. The van der Waals surface area contributed by atoms with Gasteiger partial charge in [-0.3, -0.25) is 4.99 Å². The van der Waals surface area contributed by atoms with Crippen LogP contribution >= 0.6 is 11.6 Å². The molecule has 164 valence electrons. The van der Waals surface area contributed by atoms with Crippen LogP contribution in [-0.4, -0.2) is 39.1 Å². The largest absolute Gasteiger partial charge is 0.347 e. The number of nitrogens with zero attached hydrogens (tertiary/aromatic N) is 3. The second-order valence-electron chi connectivity index (χ2n) is 8.61. The van der Waals surface area contributed by atoms with E-state index in [1.165, 1.54) is 11.3 Å². The first kappa shape index (κ1) is 22.1. The molecule has 0 radical (unpaired) electrons. The fourth-order valence-corrected chi connectivity index (χ4v) is 6.20. The van der Waals surface area contributed by atoms with E-state index in [2.05, 4.69) is 41.9 Å². The highest BCUT2D eigenvalue weighted by molar-refractivity contribution is 7.89. The first-order valence-corrected chi connectivity index (χ1v) is 12.4. The van der Waals surface area contributed by atoms with Gasteiger partial charge < -0.3 is 4.90 Å². The average Bonchev–Trinajstić information content (AvgIpc) is 2.96. The summed E-state index contributed by atoms with van der Waals surface area (Å²) < 4.78 is 27.6. The van der Waals surface area contributed by atoms with Crippen molar-refractivity contribution >= 4 is 39.2 Å². The van der Waals surface area contributed by atoms with Gasteiger partial charge in [0.05, 0.1) is 15.6 Å². The molecule has 5 nitrogen and oxygen atoms in total. The fourth-order valence-electron chi connectivity index (χ4n) is 4.50. The Hall–Kier alpha value is -2.15. The smallest absolute Gasteiger partial charge is 0.243 e. The second-order valence-corrected chi connectivity index (χ2v) is 11.0. The Kier molecular flexibility index (Phi) is 5.99. The van der Waals surface area contributed by atoms with Crippen LogP contribution in [0, 0.1) is 0 Å². The molecule has 0 amide bonds. The summed E-state index contributed by atoms with van der Waals surface area (Å²) in [7, 11) is -1.48. The Morgan fingerprint density at radius 3 is 2.48 bits per heavy atom. The van der Waals surface area contributed by atoms with Crippen LogP contribution in [0.15, 0.2) is 64.1 Å². The van der Waals surface area contributed by atoms with E-state index in [4.69, 9.17) is 11.6 Å². The van der Waals surface area contributed by atoms with Crippen molar-refractivity contribution in [3.8, 4) is 0 Å². The van der Waals surface area contributed by atoms with Crippen molar-refractivity contribution in [1.29, 1.82) is 0 Å². The summed E-state index contributed by atoms with van der Waals surface area (Å²) in [6.45, 7) is 5.51. The predicted molar refractivity (Wildman–Crippen MR) is 128 cm³/mol. The van der Waals surface area contributed by atoms with Crippen molar-refractivity contribution in [2.24, 2.45) is 4.99 Å². The van der Waals surface area contributed by atoms with E-state index in [0.29, 0.717) is 23.8 Å². The minimum atomic E-state index is -3.53. The molecule has 0 aliphatic carbocycles. The van der Waals surface area contributed by atoms with Crippen LogP contribution in [0.25, 0.3) is 0 Å². The van der Waals surface area contributed by atoms with Crippen LogP contribution in [0.3, 0.4) is 0 Å². The molecule has 0 atom stereocenters. The predicted octanol–water partition coefficient (Wildman–Crippen LogP) is 5.53. The molecule has 4 rings (SSSR count). The van der Waals surface area contributed by atoms with Crippen molar-refractivity contribution in [2.75, 3.05) is 25.0 Å². The van der Waals surface area contributed by atoms with Crippen LogP contribution < -0.4 is 4.90 Å². The number of sulfonamides is 1. The maximum atomic E-state index is 13.0. The van der Waals surface area contributed by atoms with Crippen LogP contribution in [0.2, 0.25) is 5.02 Å². The number of benzene rings is 2. The number of rotatable bonds is 4. The zero-order chi connectivity index (χ0) is 22.2. The Morgan fingerprint density at radius 2 is 1.77 bits per heavy atom. The highest BCUT2D eigenvalue weighted by Crippen LogP contribution is 2.46. The quantitative estimate of drug-likeness (QED) is 0.567. The summed E-state index contributed by atoms with van der Waals surface area (Å²) in [5.74, 6) is 0. The third-order valence-electron chi connectivity index (χ3n) is 6.26. The minimum Gasteiger partial charge on any atom is -0.347 e. The van der Waals surface area contributed by atoms with E-state index in [1.54, 1.807) is 28.7 Å². The molecule has 31 heavy (non-hydrogen) atoms. The summed E-state index contributed by atoms with van der Waals surface area (Å²) in [6, 6.07) is 13.1. The lowest BCUT2D eigenvalue weighted by molar-refractivity contribution is 0.346. The molecule has 0 spiro atoms. The van der Waals surface area contributed by atoms with E-state index >= 15 is 0 Å². The highest BCUT2D eigenvalue weighted by atomic mass is 35.5. The van der Waals surface area contributed by atoms with Gasteiger partial charge in [0, 0.05) is 43.2 Å². The zero-order valence-electron chi connectivity index (χ0n) is 18.2. The van der Waals surface area contributed by atoms with Gasteiger partial charge in [-0.05, 0) is 48.7 Å². The van der Waals surface area contributed by atoms with Gasteiger partial charge in [-0.1, -0.05) is 50.1 Å². The Bertz CT molecular complexity index is 1150. The minimum absolute atomic E-state index is 0.152.